The molecule has 1 rings (SSSR count). The van der Waals surface area contributed by atoms with Gasteiger partial charge in [0, 0.05) is 12.1 Å². The zero-order chi connectivity index (χ0) is 13.1. The van der Waals surface area contributed by atoms with Gasteiger partial charge in [0.25, 0.3) is 0 Å². The number of ketones is 1. The number of nitrogen functional groups attached to an aromatic ring is 1. The Hall–Kier alpha value is -1.43. The molecule has 0 heterocycles. The van der Waals surface area contributed by atoms with E-state index in [1.807, 2.05) is 0 Å². The van der Waals surface area contributed by atoms with E-state index in [1.54, 1.807) is 0 Å². The molecular formula is C10H9ClF3NO2. The van der Waals surface area contributed by atoms with Gasteiger partial charge in [-0.25, -0.2) is 0 Å². The van der Waals surface area contributed by atoms with Crippen LogP contribution in [0, 0.1) is 0 Å². The summed E-state index contributed by atoms with van der Waals surface area (Å²) in [4.78, 5) is 11.1. The Morgan fingerprint density at radius 1 is 1.41 bits per heavy atom. The van der Waals surface area contributed by atoms with Crippen LogP contribution in [0.5, 0.6) is 5.75 Å². The maximum atomic E-state index is 12.0. The highest BCUT2D eigenvalue weighted by molar-refractivity contribution is 6.27. The Kier molecular flexibility index (Phi) is 4.22. The highest BCUT2D eigenvalue weighted by atomic mass is 35.5. The van der Waals surface area contributed by atoms with Crippen molar-refractivity contribution in [3.05, 3.63) is 23.8 Å². The monoisotopic (exact) mass is 267 g/mol. The van der Waals surface area contributed by atoms with Crippen LogP contribution in [0.3, 0.4) is 0 Å². The van der Waals surface area contributed by atoms with Gasteiger partial charge in [0.05, 0.1) is 5.88 Å². The maximum absolute atomic E-state index is 12.0. The summed E-state index contributed by atoms with van der Waals surface area (Å²) in [6.07, 6.45) is -4.89. The van der Waals surface area contributed by atoms with E-state index < -0.39 is 12.1 Å². The maximum Gasteiger partial charge on any atom is 0.573 e. The minimum atomic E-state index is -4.77. The van der Waals surface area contributed by atoms with E-state index in [1.165, 1.54) is 6.07 Å². The largest absolute Gasteiger partial charge is 0.573 e. The van der Waals surface area contributed by atoms with Crippen molar-refractivity contribution in [1.29, 1.82) is 0 Å². The average Bonchev–Trinajstić information content (AvgIpc) is 2.20. The SMILES string of the molecule is Nc1ccc(OC(F)(F)F)cc1CC(=O)CCl. The van der Waals surface area contributed by atoms with Gasteiger partial charge in [-0.15, -0.1) is 24.8 Å². The molecule has 0 fully saturated rings. The van der Waals surface area contributed by atoms with E-state index in [-0.39, 0.29) is 29.3 Å². The summed E-state index contributed by atoms with van der Waals surface area (Å²) in [6.45, 7) is 0. The molecule has 3 nitrogen and oxygen atoms in total. The highest BCUT2D eigenvalue weighted by Gasteiger charge is 2.31. The third kappa shape index (κ3) is 4.52. The van der Waals surface area contributed by atoms with Gasteiger partial charge in [-0.05, 0) is 23.8 Å². The molecule has 0 amide bonds. The predicted octanol–water partition coefficient (Wildman–Crippen LogP) is 2.52. The quantitative estimate of drug-likeness (QED) is 0.674. The Balaban J connectivity index is 2.90. The van der Waals surface area contributed by atoms with Crippen molar-refractivity contribution in [2.75, 3.05) is 11.6 Å². The number of alkyl halides is 4. The molecule has 1 aromatic carbocycles. The van der Waals surface area contributed by atoms with Gasteiger partial charge in [0.1, 0.15) is 5.75 Å². The first kappa shape index (κ1) is 13.6. The van der Waals surface area contributed by atoms with E-state index in [2.05, 4.69) is 4.74 Å². The zero-order valence-electron chi connectivity index (χ0n) is 8.55. The first-order chi connectivity index (χ1) is 7.81. The Morgan fingerprint density at radius 2 is 2.06 bits per heavy atom. The molecule has 0 saturated carbocycles. The molecule has 0 aliphatic heterocycles. The molecule has 7 heteroatoms. The number of carbonyl (C=O) groups excluding carboxylic acids is 1. The summed E-state index contributed by atoms with van der Waals surface area (Å²) in [5.41, 5.74) is 6.01. The van der Waals surface area contributed by atoms with Crippen molar-refractivity contribution < 1.29 is 22.7 Å². The Bertz CT molecular complexity index is 421. The van der Waals surface area contributed by atoms with Gasteiger partial charge < -0.3 is 10.5 Å². The molecule has 0 atom stereocenters. The number of carbonyl (C=O) groups is 1. The summed E-state index contributed by atoms with van der Waals surface area (Å²) < 4.78 is 39.6. The Morgan fingerprint density at radius 3 is 2.59 bits per heavy atom. The van der Waals surface area contributed by atoms with E-state index in [9.17, 15) is 18.0 Å². The number of hydrogen-bond donors (Lipinski definition) is 1. The van der Waals surface area contributed by atoms with Crippen LogP contribution in [0.4, 0.5) is 18.9 Å². The van der Waals surface area contributed by atoms with Gasteiger partial charge in [-0.3, -0.25) is 4.79 Å². The molecule has 94 valence electrons. The van der Waals surface area contributed by atoms with Crippen LogP contribution in [0.1, 0.15) is 5.56 Å². The van der Waals surface area contributed by atoms with Gasteiger partial charge in [0.2, 0.25) is 0 Å². The molecule has 0 aromatic heterocycles. The third-order valence-corrected chi connectivity index (χ3v) is 2.18. The molecule has 0 saturated heterocycles. The van der Waals surface area contributed by atoms with Gasteiger partial charge >= 0.3 is 6.36 Å². The second-order valence-corrected chi connectivity index (χ2v) is 3.52. The van der Waals surface area contributed by atoms with Crippen LogP contribution >= 0.6 is 11.6 Å². The molecular weight excluding hydrogens is 259 g/mol. The minimum absolute atomic E-state index is 0.121. The second-order valence-electron chi connectivity index (χ2n) is 3.26. The van der Waals surface area contributed by atoms with Crippen LogP contribution in [0.2, 0.25) is 0 Å². The average molecular weight is 268 g/mol. The van der Waals surface area contributed by atoms with E-state index in [0.29, 0.717) is 0 Å². The fourth-order valence-electron chi connectivity index (χ4n) is 1.19. The second kappa shape index (κ2) is 5.27. The first-order valence-corrected chi connectivity index (χ1v) is 5.07. The topological polar surface area (TPSA) is 52.3 Å². The summed E-state index contributed by atoms with van der Waals surface area (Å²) in [6, 6.07) is 3.41. The van der Waals surface area contributed by atoms with Gasteiger partial charge in [-0.2, -0.15) is 0 Å². The normalized spacial score (nSPS) is 11.3. The van der Waals surface area contributed by atoms with Crippen molar-refractivity contribution in [2.24, 2.45) is 0 Å². The zero-order valence-corrected chi connectivity index (χ0v) is 9.31. The molecule has 0 aliphatic carbocycles. The number of anilines is 1. The summed E-state index contributed by atoms with van der Waals surface area (Å²) >= 11 is 5.30. The Labute approximate surface area is 100 Å². The van der Waals surface area contributed by atoms with Crippen LogP contribution < -0.4 is 10.5 Å². The van der Waals surface area contributed by atoms with Crippen molar-refractivity contribution in [3.63, 3.8) is 0 Å². The van der Waals surface area contributed by atoms with E-state index in [0.717, 1.165) is 12.1 Å². The lowest BCUT2D eigenvalue weighted by Crippen LogP contribution is -2.17. The third-order valence-electron chi connectivity index (χ3n) is 1.88. The van der Waals surface area contributed by atoms with Crippen LogP contribution in [-0.4, -0.2) is 18.0 Å². The number of ether oxygens (including phenoxy) is 1. The number of Topliss-reactive ketones (excluding diaryl/α,β-unsaturated/α-hetero) is 1. The molecule has 2 N–H and O–H groups in total. The number of rotatable bonds is 4. The fourth-order valence-corrected chi connectivity index (χ4v) is 1.29. The highest BCUT2D eigenvalue weighted by Crippen LogP contribution is 2.26. The summed E-state index contributed by atoms with van der Waals surface area (Å²) in [5.74, 6) is -0.962. The van der Waals surface area contributed by atoms with Crippen molar-refractivity contribution in [1.82, 2.24) is 0 Å². The minimum Gasteiger partial charge on any atom is -0.406 e. The molecule has 0 unspecified atom stereocenters. The van der Waals surface area contributed by atoms with Crippen molar-refractivity contribution >= 4 is 23.1 Å². The van der Waals surface area contributed by atoms with Crippen LogP contribution in [0.15, 0.2) is 18.2 Å². The summed E-state index contributed by atoms with van der Waals surface area (Å²) in [7, 11) is 0. The van der Waals surface area contributed by atoms with E-state index >= 15 is 0 Å². The molecule has 0 radical (unpaired) electrons. The van der Waals surface area contributed by atoms with Crippen LogP contribution in [0.25, 0.3) is 0 Å². The number of benzene rings is 1. The molecule has 0 aliphatic rings. The number of nitrogens with two attached hydrogens (primary N) is 1. The van der Waals surface area contributed by atoms with E-state index in [4.69, 9.17) is 17.3 Å². The molecule has 0 bridgehead atoms. The van der Waals surface area contributed by atoms with Gasteiger partial charge in [0.15, 0.2) is 5.78 Å². The van der Waals surface area contributed by atoms with Gasteiger partial charge in [-0.1, -0.05) is 0 Å². The molecule has 0 spiro atoms. The lowest BCUT2D eigenvalue weighted by atomic mass is 10.1. The van der Waals surface area contributed by atoms with Crippen LogP contribution in [-0.2, 0) is 11.2 Å². The van der Waals surface area contributed by atoms with Crippen molar-refractivity contribution in [3.8, 4) is 5.75 Å². The lowest BCUT2D eigenvalue weighted by Gasteiger charge is -2.11. The smallest absolute Gasteiger partial charge is 0.406 e. The predicted molar refractivity (Wildman–Crippen MR) is 57.0 cm³/mol. The fraction of sp³-hybridized carbons (Fsp3) is 0.300. The van der Waals surface area contributed by atoms with Crippen molar-refractivity contribution in [2.45, 2.75) is 12.8 Å². The molecule has 1 aromatic rings. The standard InChI is InChI=1S/C10H9ClF3NO2/c11-5-7(16)3-6-4-8(1-2-9(6)15)17-10(12,13)14/h1-2,4H,3,5,15H2. The summed E-state index contributed by atoms with van der Waals surface area (Å²) in [5, 5.41) is 0. The first-order valence-electron chi connectivity index (χ1n) is 4.53. The number of halogens is 4. The molecule has 17 heavy (non-hydrogen) atoms. The lowest BCUT2D eigenvalue weighted by molar-refractivity contribution is -0.274. The number of hydrogen-bond acceptors (Lipinski definition) is 3.